The van der Waals surface area contributed by atoms with Crippen LogP contribution in [0.3, 0.4) is 0 Å². The Morgan fingerprint density at radius 3 is 2.75 bits per heavy atom. The lowest BCUT2D eigenvalue weighted by Gasteiger charge is -2.37. The predicted octanol–water partition coefficient (Wildman–Crippen LogP) is 4.15. The molecule has 2 aromatic heterocycles. The maximum absolute atomic E-state index is 14.6. The molecular formula is C26H30Cl2F2N6O4. The number of benzene rings is 1. The van der Waals surface area contributed by atoms with Crippen molar-refractivity contribution in [1.82, 2.24) is 25.2 Å². The molecule has 1 aliphatic heterocycles. The average molecular weight is 599 g/mol. The quantitative estimate of drug-likeness (QED) is 0.235. The van der Waals surface area contributed by atoms with E-state index in [0.29, 0.717) is 28.8 Å². The SMILES string of the molecule is CNC(=O)COc1cc2cc(Nc3nc(Cl)ncc3Cl)cc(OCCC[C@H]3CNC[C@@H](C)C3(F)F)c2n(C)c1=O. The fourth-order valence-corrected chi connectivity index (χ4v) is 4.87. The fourth-order valence-electron chi connectivity index (χ4n) is 4.59. The van der Waals surface area contributed by atoms with Gasteiger partial charge in [0.05, 0.1) is 18.3 Å². The predicted molar refractivity (Wildman–Crippen MR) is 149 cm³/mol. The van der Waals surface area contributed by atoms with Crippen LogP contribution in [0, 0.1) is 11.8 Å². The number of anilines is 2. The first kappa shape index (κ1) is 29.8. The first-order chi connectivity index (χ1) is 19.0. The number of amides is 1. The molecule has 3 N–H and O–H groups in total. The Balaban J connectivity index is 1.64. The summed E-state index contributed by atoms with van der Waals surface area (Å²) in [6.07, 6.45) is 2.00. The summed E-state index contributed by atoms with van der Waals surface area (Å²) in [5.41, 5.74) is 0.467. The molecule has 1 aliphatic rings. The molecule has 1 fully saturated rings. The van der Waals surface area contributed by atoms with E-state index in [2.05, 4.69) is 25.9 Å². The minimum atomic E-state index is -2.76. The van der Waals surface area contributed by atoms with Crippen molar-refractivity contribution in [2.24, 2.45) is 18.9 Å². The molecule has 0 unspecified atom stereocenters. The van der Waals surface area contributed by atoms with E-state index in [0.717, 1.165) is 0 Å². The lowest BCUT2D eigenvalue weighted by Crippen LogP contribution is -2.50. The summed E-state index contributed by atoms with van der Waals surface area (Å²) < 4.78 is 42.1. The van der Waals surface area contributed by atoms with Gasteiger partial charge in [-0.25, -0.2) is 13.8 Å². The molecule has 1 saturated heterocycles. The number of ether oxygens (including phenoxy) is 2. The Bertz CT molecular complexity index is 1450. The van der Waals surface area contributed by atoms with Crippen LogP contribution in [0.15, 0.2) is 29.2 Å². The molecule has 3 aromatic rings. The molecule has 14 heteroatoms. The normalized spacial score (nSPS) is 18.4. The summed E-state index contributed by atoms with van der Waals surface area (Å²) in [7, 11) is 3.01. The largest absolute Gasteiger partial charge is 0.491 e. The Labute approximate surface area is 239 Å². The van der Waals surface area contributed by atoms with Gasteiger partial charge in [-0.3, -0.25) is 9.59 Å². The van der Waals surface area contributed by atoms with E-state index in [9.17, 15) is 18.4 Å². The van der Waals surface area contributed by atoms with Crippen molar-refractivity contribution in [2.45, 2.75) is 25.7 Å². The molecule has 0 spiro atoms. The third-order valence-electron chi connectivity index (χ3n) is 6.85. The van der Waals surface area contributed by atoms with Crippen LogP contribution in [0.2, 0.25) is 10.3 Å². The minimum Gasteiger partial charge on any atom is -0.491 e. The Kier molecular flexibility index (Phi) is 9.32. The zero-order chi connectivity index (χ0) is 29.0. The Hall–Kier alpha value is -3.22. The second kappa shape index (κ2) is 12.5. The molecule has 10 nitrogen and oxygen atoms in total. The summed E-state index contributed by atoms with van der Waals surface area (Å²) in [5, 5.41) is 9.32. The molecule has 2 atom stereocenters. The number of likely N-dealkylation sites (N-methyl/N-ethyl adjacent to an activating group) is 1. The minimum absolute atomic E-state index is 0.0141. The lowest BCUT2D eigenvalue weighted by atomic mass is 9.84. The van der Waals surface area contributed by atoms with Gasteiger partial charge in [-0.05, 0) is 36.6 Å². The van der Waals surface area contributed by atoms with E-state index in [1.54, 1.807) is 26.1 Å². The zero-order valence-electron chi connectivity index (χ0n) is 22.2. The highest BCUT2D eigenvalue weighted by Gasteiger charge is 2.46. The first-order valence-corrected chi connectivity index (χ1v) is 13.4. The van der Waals surface area contributed by atoms with Gasteiger partial charge in [0.2, 0.25) is 5.28 Å². The number of aromatic nitrogens is 3. The van der Waals surface area contributed by atoms with Crippen molar-refractivity contribution in [2.75, 3.05) is 38.7 Å². The topological polar surface area (TPSA) is 119 Å². The summed E-state index contributed by atoms with van der Waals surface area (Å²) in [5.74, 6) is -4.15. The number of pyridine rings is 1. The summed E-state index contributed by atoms with van der Waals surface area (Å²) >= 11 is 12.1. The second-order valence-corrected chi connectivity index (χ2v) is 10.4. The van der Waals surface area contributed by atoms with E-state index < -0.39 is 29.2 Å². The Morgan fingerprint density at radius 2 is 2.00 bits per heavy atom. The van der Waals surface area contributed by atoms with Crippen molar-refractivity contribution in [3.8, 4) is 11.5 Å². The van der Waals surface area contributed by atoms with Crippen LogP contribution in [-0.2, 0) is 11.8 Å². The van der Waals surface area contributed by atoms with E-state index in [1.807, 2.05) is 0 Å². The maximum Gasteiger partial charge on any atom is 0.293 e. The van der Waals surface area contributed by atoms with Gasteiger partial charge >= 0.3 is 0 Å². The third kappa shape index (κ3) is 6.56. The maximum atomic E-state index is 14.6. The summed E-state index contributed by atoms with van der Waals surface area (Å²) in [6.45, 7) is 1.88. The van der Waals surface area contributed by atoms with Crippen LogP contribution in [0.4, 0.5) is 20.3 Å². The number of carbonyl (C=O) groups excluding carboxylic acids is 1. The van der Waals surface area contributed by atoms with Crippen molar-refractivity contribution >= 4 is 51.5 Å². The number of nitrogens with zero attached hydrogens (tertiary/aromatic N) is 3. The monoisotopic (exact) mass is 598 g/mol. The van der Waals surface area contributed by atoms with Gasteiger partial charge in [-0.1, -0.05) is 18.5 Å². The highest BCUT2D eigenvalue weighted by molar-refractivity contribution is 6.33. The molecule has 0 radical (unpaired) electrons. The molecule has 0 aliphatic carbocycles. The number of nitrogens with one attached hydrogen (secondary N) is 3. The fraction of sp³-hybridized carbons (Fsp3) is 0.462. The van der Waals surface area contributed by atoms with Gasteiger partial charge in [-0.15, -0.1) is 0 Å². The lowest BCUT2D eigenvalue weighted by molar-refractivity contribution is -0.122. The van der Waals surface area contributed by atoms with Crippen LogP contribution >= 0.6 is 23.2 Å². The molecule has 0 bridgehead atoms. The molecule has 40 heavy (non-hydrogen) atoms. The number of hydrogen-bond acceptors (Lipinski definition) is 8. The number of carbonyl (C=O) groups is 1. The molecule has 0 saturated carbocycles. The molecule has 1 amide bonds. The van der Waals surface area contributed by atoms with E-state index in [4.69, 9.17) is 32.7 Å². The number of fused-ring (bicyclic) bond motifs is 1. The van der Waals surface area contributed by atoms with Gasteiger partial charge < -0.3 is 30.0 Å². The highest BCUT2D eigenvalue weighted by atomic mass is 35.5. The first-order valence-electron chi connectivity index (χ1n) is 12.7. The summed E-state index contributed by atoms with van der Waals surface area (Å²) in [4.78, 5) is 32.6. The van der Waals surface area contributed by atoms with E-state index in [1.165, 1.54) is 23.9 Å². The van der Waals surface area contributed by atoms with E-state index in [-0.39, 0.29) is 54.6 Å². The van der Waals surface area contributed by atoms with Gasteiger partial charge in [0, 0.05) is 56.2 Å². The van der Waals surface area contributed by atoms with Gasteiger partial charge in [0.15, 0.2) is 18.2 Å². The van der Waals surface area contributed by atoms with Gasteiger partial charge in [-0.2, -0.15) is 4.98 Å². The molecule has 4 rings (SSSR count). The number of aryl methyl sites for hydroxylation is 1. The molecule has 1 aromatic carbocycles. The number of alkyl halides is 2. The van der Waals surface area contributed by atoms with Crippen LogP contribution in [0.5, 0.6) is 11.5 Å². The van der Waals surface area contributed by atoms with Crippen molar-refractivity contribution < 1.29 is 23.0 Å². The van der Waals surface area contributed by atoms with Crippen LogP contribution in [0.1, 0.15) is 19.8 Å². The van der Waals surface area contributed by atoms with Crippen molar-refractivity contribution in [3.05, 3.63) is 45.1 Å². The van der Waals surface area contributed by atoms with E-state index >= 15 is 0 Å². The summed E-state index contributed by atoms with van der Waals surface area (Å²) in [6, 6.07) is 4.87. The molecule has 216 valence electrons. The zero-order valence-corrected chi connectivity index (χ0v) is 23.7. The van der Waals surface area contributed by atoms with Crippen molar-refractivity contribution in [3.63, 3.8) is 0 Å². The number of hydrogen-bond donors (Lipinski definition) is 3. The molecule has 3 heterocycles. The standard InChI is InChI=1S/C26H30Cl2F2N6O4/c1-14-10-32-11-16(26(14,29)30)5-4-6-39-19-9-17(34-23-18(27)12-33-25(28)35-23)7-15-8-20(40-13-21(37)31-2)24(38)36(3)22(15)19/h7-9,12,14,16,32H,4-6,10-11,13H2,1-3H3,(H,31,37)(H,33,34,35)/t14-,16+/m1/s1. The van der Waals surface area contributed by atoms with Gasteiger partial charge in [0.25, 0.3) is 17.4 Å². The highest BCUT2D eigenvalue weighted by Crippen LogP contribution is 2.38. The Morgan fingerprint density at radius 1 is 1.23 bits per heavy atom. The number of piperidine rings is 1. The number of rotatable bonds is 10. The van der Waals surface area contributed by atoms with Gasteiger partial charge in [0.1, 0.15) is 10.8 Å². The third-order valence-corrected chi connectivity index (χ3v) is 7.31. The van der Waals surface area contributed by atoms with Crippen LogP contribution < -0.4 is 31.0 Å². The number of halogens is 4. The van der Waals surface area contributed by atoms with Crippen LogP contribution in [0.25, 0.3) is 10.9 Å². The average Bonchev–Trinajstić information content (AvgIpc) is 2.91. The van der Waals surface area contributed by atoms with Crippen LogP contribution in [-0.4, -0.2) is 59.7 Å². The second-order valence-electron chi connectivity index (χ2n) is 9.63. The smallest absolute Gasteiger partial charge is 0.293 e. The van der Waals surface area contributed by atoms with Crippen molar-refractivity contribution in [1.29, 1.82) is 0 Å². The molecular weight excluding hydrogens is 569 g/mol.